The number of nitrogens with two attached hydrogens (primary N) is 1. The van der Waals surface area contributed by atoms with Crippen molar-refractivity contribution in [3.05, 3.63) is 15.8 Å². The fourth-order valence-electron chi connectivity index (χ4n) is 1.28. The van der Waals surface area contributed by atoms with Crippen molar-refractivity contribution >= 4 is 33.2 Å². The maximum absolute atomic E-state index is 12.1. The number of carbonyl (C=O) groups is 2. The van der Waals surface area contributed by atoms with E-state index in [0.717, 1.165) is 17.4 Å². The molecule has 0 unspecified atom stereocenters. The summed E-state index contributed by atoms with van der Waals surface area (Å²) in [6, 6.07) is 1.06. The fourth-order valence-corrected chi connectivity index (χ4v) is 4.09. The van der Waals surface area contributed by atoms with Crippen LogP contribution < -0.4 is 10.5 Å². The normalized spacial score (nSPS) is 12.4. The molecule has 0 atom stereocenters. The van der Waals surface area contributed by atoms with E-state index in [1.807, 2.05) is 0 Å². The van der Waals surface area contributed by atoms with Crippen LogP contribution in [-0.2, 0) is 14.8 Å². The largest absolute Gasteiger partial charge is 0.477 e. The summed E-state index contributed by atoms with van der Waals surface area (Å²) in [5.41, 5.74) is 3.63. The highest BCUT2D eigenvalue weighted by atomic mass is 32.2. The number of nitrogens with one attached hydrogen (secondary N) is 1. The third kappa shape index (κ3) is 3.31. The molecule has 0 radical (unpaired) electrons. The van der Waals surface area contributed by atoms with E-state index < -0.39 is 27.4 Å². The van der Waals surface area contributed by atoms with Gasteiger partial charge >= 0.3 is 5.97 Å². The van der Waals surface area contributed by atoms with Gasteiger partial charge in [0, 0.05) is 4.88 Å². The van der Waals surface area contributed by atoms with Gasteiger partial charge in [-0.1, -0.05) is 0 Å². The minimum absolute atomic E-state index is 0.0882. The van der Waals surface area contributed by atoms with Crippen LogP contribution in [0.1, 0.15) is 28.4 Å². The van der Waals surface area contributed by atoms with Crippen LogP contribution in [0.3, 0.4) is 0 Å². The number of hydrogen-bond acceptors (Lipinski definition) is 5. The molecule has 0 saturated heterocycles. The van der Waals surface area contributed by atoms with Crippen molar-refractivity contribution in [3.63, 3.8) is 0 Å². The SMILES string of the molecule is Cc1sc(C(=O)O)cc1S(=O)(=O)NC(C)(C)C(N)=O. The summed E-state index contributed by atoms with van der Waals surface area (Å²) in [6.07, 6.45) is 0. The molecule has 106 valence electrons. The van der Waals surface area contributed by atoms with Crippen molar-refractivity contribution in [1.29, 1.82) is 0 Å². The van der Waals surface area contributed by atoms with Gasteiger partial charge < -0.3 is 10.8 Å². The van der Waals surface area contributed by atoms with Gasteiger partial charge in [-0.05, 0) is 26.8 Å². The molecule has 1 rings (SSSR count). The summed E-state index contributed by atoms with van der Waals surface area (Å²) in [4.78, 5) is 22.0. The molecule has 4 N–H and O–H groups in total. The summed E-state index contributed by atoms with van der Waals surface area (Å²) in [5, 5.41) is 8.83. The number of rotatable bonds is 5. The number of thiophene rings is 1. The topological polar surface area (TPSA) is 127 Å². The molecule has 7 nitrogen and oxygen atoms in total. The lowest BCUT2D eigenvalue weighted by Gasteiger charge is -2.21. The molecule has 0 saturated carbocycles. The molecule has 0 aliphatic rings. The van der Waals surface area contributed by atoms with Gasteiger partial charge in [0.25, 0.3) is 0 Å². The van der Waals surface area contributed by atoms with Gasteiger partial charge in [-0.2, -0.15) is 4.72 Å². The molecular formula is C10H14N2O5S2. The molecule has 0 aliphatic heterocycles. The Hall–Kier alpha value is -1.45. The number of amides is 1. The van der Waals surface area contributed by atoms with Crippen LogP contribution in [-0.4, -0.2) is 30.9 Å². The summed E-state index contributed by atoms with van der Waals surface area (Å²) < 4.78 is 26.4. The van der Waals surface area contributed by atoms with E-state index >= 15 is 0 Å². The number of carbonyl (C=O) groups excluding carboxylic acids is 1. The molecule has 0 aromatic carbocycles. The van der Waals surface area contributed by atoms with Crippen LogP contribution in [0.4, 0.5) is 0 Å². The summed E-state index contributed by atoms with van der Waals surface area (Å²) in [7, 11) is -4.01. The standard InChI is InChI=1S/C10H14N2O5S2/c1-5-7(4-6(18-5)8(13)14)19(16,17)12-10(2,3)9(11)15/h4,12H,1-3H3,(H2,11,15)(H,13,14). The second kappa shape index (κ2) is 4.91. The minimum atomic E-state index is -4.01. The first-order valence-electron chi connectivity index (χ1n) is 5.15. The van der Waals surface area contributed by atoms with E-state index in [0.29, 0.717) is 4.88 Å². The van der Waals surface area contributed by atoms with Crippen LogP contribution in [0.2, 0.25) is 0 Å². The highest BCUT2D eigenvalue weighted by Crippen LogP contribution is 2.26. The zero-order valence-electron chi connectivity index (χ0n) is 10.6. The van der Waals surface area contributed by atoms with Crippen molar-refractivity contribution in [2.75, 3.05) is 0 Å². The van der Waals surface area contributed by atoms with Crippen LogP contribution in [0, 0.1) is 6.92 Å². The van der Waals surface area contributed by atoms with Crippen molar-refractivity contribution < 1.29 is 23.1 Å². The smallest absolute Gasteiger partial charge is 0.345 e. The summed E-state index contributed by atoms with van der Waals surface area (Å²) in [5.74, 6) is -2.04. The molecule has 0 fully saturated rings. The molecule has 1 aromatic heterocycles. The van der Waals surface area contributed by atoms with Gasteiger partial charge in [-0.25, -0.2) is 13.2 Å². The lowest BCUT2D eigenvalue weighted by Crippen LogP contribution is -2.52. The van der Waals surface area contributed by atoms with Crippen LogP contribution in [0.15, 0.2) is 11.0 Å². The molecule has 19 heavy (non-hydrogen) atoms. The first-order valence-corrected chi connectivity index (χ1v) is 7.45. The molecule has 9 heteroatoms. The van der Waals surface area contributed by atoms with Gasteiger partial charge in [0.05, 0.1) is 4.90 Å². The second-order valence-corrected chi connectivity index (χ2v) is 7.34. The fraction of sp³-hybridized carbons (Fsp3) is 0.400. The Bertz CT molecular complexity index is 630. The number of carboxylic acid groups (broad SMARTS) is 1. The van der Waals surface area contributed by atoms with Crippen LogP contribution in [0.25, 0.3) is 0 Å². The quantitative estimate of drug-likeness (QED) is 0.721. The highest BCUT2D eigenvalue weighted by molar-refractivity contribution is 7.89. The third-order valence-electron chi connectivity index (χ3n) is 2.38. The van der Waals surface area contributed by atoms with E-state index in [4.69, 9.17) is 10.8 Å². The average molecular weight is 306 g/mol. The van der Waals surface area contributed by atoms with Crippen molar-refractivity contribution in [1.82, 2.24) is 4.72 Å². The average Bonchev–Trinajstić information content (AvgIpc) is 2.59. The predicted molar refractivity (Wildman–Crippen MR) is 69.6 cm³/mol. The zero-order chi connectivity index (χ0) is 15.0. The summed E-state index contributed by atoms with van der Waals surface area (Å²) in [6.45, 7) is 4.14. The van der Waals surface area contributed by atoms with Gasteiger partial charge in [-0.3, -0.25) is 4.79 Å². The van der Waals surface area contributed by atoms with Crippen molar-refractivity contribution in [2.45, 2.75) is 31.2 Å². The third-order valence-corrected chi connectivity index (χ3v) is 5.33. The molecule has 1 aromatic rings. The van der Waals surface area contributed by atoms with Gasteiger partial charge in [-0.15, -0.1) is 11.3 Å². The Labute approximate surface area is 114 Å². The maximum atomic E-state index is 12.1. The number of hydrogen-bond donors (Lipinski definition) is 3. The zero-order valence-corrected chi connectivity index (χ0v) is 12.2. The summed E-state index contributed by atoms with van der Waals surface area (Å²) >= 11 is 0.849. The number of sulfonamides is 1. The van der Waals surface area contributed by atoms with E-state index in [9.17, 15) is 18.0 Å². The molecule has 1 amide bonds. The number of aromatic carboxylic acids is 1. The minimum Gasteiger partial charge on any atom is -0.477 e. The lowest BCUT2D eigenvalue weighted by atomic mass is 10.1. The van der Waals surface area contributed by atoms with Gasteiger partial charge in [0.1, 0.15) is 10.4 Å². The van der Waals surface area contributed by atoms with Crippen LogP contribution >= 0.6 is 11.3 Å². The Morgan fingerprint density at radius 3 is 2.32 bits per heavy atom. The monoisotopic (exact) mass is 306 g/mol. The Kier molecular flexibility index (Phi) is 4.03. The Morgan fingerprint density at radius 2 is 1.95 bits per heavy atom. The lowest BCUT2D eigenvalue weighted by molar-refractivity contribution is -0.122. The molecule has 0 spiro atoms. The molecule has 0 aliphatic carbocycles. The van der Waals surface area contributed by atoms with Crippen molar-refractivity contribution in [3.8, 4) is 0 Å². The van der Waals surface area contributed by atoms with E-state index in [1.165, 1.54) is 20.8 Å². The first kappa shape index (κ1) is 15.6. The Balaban J connectivity index is 3.22. The molecule has 1 heterocycles. The molecular weight excluding hydrogens is 292 g/mol. The number of carboxylic acids is 1. The number of aryl methyl sites for hydroxylation is 1. The van der Waals surface area contributed by atoms with E-state index in [2.05, 4.69) is 4.72 Å². The Morgan fingerprint density at radius 1 is 1.42 bits per heavy atom. The molecule has 0 bridgehead atoms. The first-order chi connectivity index (χ1) is 8.47. The highest BCUT2D eigenvalue weighted by Gasteiger charge is 2.33. The van der Waals surface area contributed by atoms with Crippen LogP contribution in [0.5, 0.6) is 0 Å². The number of primary amides is 1. The maximum Gasteiger partial charge on any atom is 0.345 e. The van der Waals surface area contributed by atoms with E-state index in [1.54, 1.807) is 0 Å². The van der Waals surface area contributed by atoms with Crippen molar-refractivity contribution in [2.24, 2.45) is 5.73 Å². The van der Waals surface area contributed by atoms with Gasteiger partial charge in [0.2, 0.25) is 15.9 Å². The predicted octanol–water partition coefficient (Wildman–Crippen LogP) is 0.297. The van der Waals surface area contributed by atoms with Gasteiger partial charge in [0.15, 0.2) is 0 Å². The van der Waals surface area contributed by atoms with E-state index in [-0.39, 0.29) is 9.77 Å². The second-order valence-electron chi connectivity index (χ2n) is 4.43.